The minimum Gasteiger partial charge on any atom is -0.313 e. The highest BCUT2D eigenvalue weighted by Crippen LogP contribution is 2.22. The number of aryl methyl sites for hydroxylation is 1. The van der Waals surface area contributed by atoms with Crippen molar-refractivity contribution < 1.29 is 0 Å². The quantitative estimate of drug-likeness (QED) is 0.904. The molecule has 100 valence electrons. The molecular formula is C16H19BrN2. The Labute approximate surface area is 123 Å². The minimum absolute atomic E-state index is 0.310. The molecule has 19 heavy (non-hydrogen) atoms. The first-order valence-electron chi connectivity index (χ1n) is 6.60. The number of hydrogen-bond donors (Lipinski definition) is 1. The van der Waals surface area contributed by atoms with Crippen LogP contribution in [0.3, 0.4) is 0 Å². The van der Waals surface area contributed by atoms with Gasteiger partial charge in [0.15, 0.2) is 0 Å². The van der Waals surface area contributed by atoms with Gasteiger partial charge in [0.2, 0.25) is 0 Å². The summed E-state index contributed by atoms with van der Waals surface area (Å²) in [6.07, 6.45) is 3.82. The summed E-state index contributed by atoms with van der Waals surface area (Å²) in [6, 6.07) is 13.0. The van der Waals surface area contributed by atoms with Crippen LogP contribution in [0, 0.1) is 0 Å². The first-order chi connectivity index (χ1) is 9.24. The molecule has 0 spiro atoms. The lowest BCUT2D eigenvalue weighted by molar-refractivity contribution is 0.579. The lowest BCUT2D eigenvalue weighted by atomic mass is 9.95. The monoisotopic (exact) mass is 318 g/mol. The second-order valence-corrected chi connectivity index (χ2v) is 5.48. The Bertz CT molecular complexity index is 523. The Morgan fingerprint density at radius 3 is 2.63 bits per heavy atom. The van der Waals surface area contributed by atoms with Crippen LogP contribution in [0.2, 0.25) is 0 Å². The standard InChI is InChI=1S/C16H19BrN2/c1-3-12-6-4-5-7-15(12)16(18-2)10-14-9-8-13(17)11-19-14/h4-9,11,16,18H,3,10H2,1-2H3. The van der Waals surface area contributed by atoms with Crippen molar-refractivity contribution in [2.75, 3.05) is 7.05 Å². The number of likely N-dealkylation sites (N-methyl/N-ethyl adjacent to an activating group) is 1. The van der Waals surface area contributed by atoms with Crippen LogP contribution in [0.25, 0.3) is 0 Å². The van der Waals surface area contributed by atoms with E-state index < -0.39 is 0 Å². The Kier molecular flexibility index (Phi) is 5.11. The van der Waals surface area contributed by atoms with Crippen molar-refractivity contribution in [3.8, 4) is 0 Å². The number of benzene rings is 1. The molecule has 0 aliphatic rings. The van der Waals surface area contributed by atoms with Gasteiger partial charge in [0.25, 0.3) is 0 Å². The number of halogens is 1. The van der Waals surface area contributed by atoms with Crippen LogP contribution < -0.4 is 5.32 Å². The summed E-state index contributed by atoms with van der Waals surface area (Å²) in [4.78, 5) is 4.46. The van der Waals surface area contributed by atoms with E-state index in [0.717, 1.165) is 23.0 Å². The normalized spacial score (nSPS) is 12.4. The molecule has 2 rings (SSSR count). The van der Waals surface area contributed by atoms with E-state index in [2.05, 4.69) is 63.5 Å². The van der Waals surface area contributed by atoms with Crippen LogP contribution in [0.5, 0.6) is 0 Å². The number of pyridine rings is 1. The van der Waals surface area contributed by atoms with E-state index in [4.69, 9.17) is 0 Å². The van der Waals surface area contributed by atoms with E-state index in [1.807, 2.05) is 19.3 Å². The SMILES string of the molecule is CCc1ccccc1C(Cc1ccc(Br)cn1)NC. The van der Waals surface area contributed by atoms with E-state index in [1.165, 1.54) is 11.1 Å². The highest BCUT2D eigenvalue weighted by Gasteiger charge is 2.13. The van der Waals surface area contributed by atoms with Crippen LogP contribution in [0.1, 0.15) is 29.8 Å². The minimum atomic E-state index is 0.310. The molecule has 1 aromatic carbocycles. The Morgan fingerprint density at radius 1 is 1.21 bits per heavy atom. The Morgan fingerprint density at radius 2 is 2.00 bits per heavy atom. The van der Waals surface area contributed by atoms with Gasteiger partial charge < -0.3 is 5.32 Å². The fourth-order valence-corrected chi connectivity index (χ4v) is 2.53. The van der Waals surface area contributed by atoms with Gasteiger partial charge in [-0.2, -0.15) is 0 Å². The predicted molar refractivity (Wildman–Crippen MR) is 83.3 cm³/mol. The summed E-state index contributed by atoms with van der Waals surface area (Å²) >= 11 is 3.42. The summed E-state index contributed by atoms with van der Waals surface area (Å²) in [5.41, 5.74) is 3.88. The second-order valence-electron chi connectivity index (χ2n) is 4.57. The fourth-order valence-electron chi connectivity index (χ4n) is 2.30. The molecule has 2 aromatic rings. The average Bonchev–Trinajstić information content (AvgIpc) is 2.46. The zero-order chi connectivity index (χ0) is 13.7. The lowest BCUT2D eigenvalue weighted by Crippen LogP contribution is -2.20. The van der Waals surface area contributed by atoms with Crippen molar-refractivity contribution in [3.63, 3.8) is 0 Å². The molecule has 0 amide bonds. The van der Waals surface area contributed by atoms with Gasteiger partial charge in [-0.05, 0) is 52.7 Å². The van der Waals surface area contributed by atoms with Crippen LogP contribution in [0.15, 0.2) is 47.1 Å². The van der Waals surface area contributed by atoms with E-state index in [-0.39, 0.29) is 0 Å². The molecule has 1 aromatic heterocycles. The fraction of sp³-hybridized carbons (Fsp3) is 0.312. The number of hydrogen-bond acceptors (Lipinski definition) is 2. The van der Waals surface area contributed by atoms with Crippen molar-refractivity contribution in [1.82, 2.24) is 10.3 Å². The Hall–Kier alpha value is -1.19. The molecule has 1 unspecified atom stereocenters. The molecule has 0 bridgehead atoms. The Balaban J connectivity index is 2.22. The van der Waals surface area contributed by atoms with Gasteiger partial charge in [0.1, 0.15) is 0 Å². The van der Waals surface area contributed by atoms with Gasteiger partial charge >= 0.3 is 0 Å². The van der Waals surface area contributed by atoms with Gasteiger partial charge in [-0.1, -0.05) is 31.2 Å². The number of rotatable bonds is 5. The van der Waals surface area contributed by atoms with Crippen molar-refractivity contribution in [3.05, 3.63) is 63.9 Å². The van der Waals surface area contributed by atoms with Crippen LogP contribution in [-0.4, -0.2) is 12.0 Å². The van der Waals surface area contributed by atoms with Gasteiger partial charge in [-0.3, -0.25) is 4.98 Å². The molecule has 1 N–H and O–H groups in total. The third-order valence-electron chi connectivity index (χ3n) is 3.36. The van der Waals surface area contributed by atoms with Gasteiger partial charge in [-0.25, -0.2) is 0 Å². The molecule has 3 heteroatoms. The van der Waals surface area contributed by atoms with Crippen LogP contribution >= 0.6 is 15.9 Å². The smallest absolute Gasteiger partial charge is 0.0423 e. The van der Waals surface area contributed by atoms with E-state index in [9.17, 15) is 0 Å². The maximum absolute atomic E-state index is 4.46. The molecular weight excluding hydrogens is 300 g/mol. The summed E-state index contributed by atoms with van der Waals surface area (Å²) in [7, 11) is 2.01. The van der Waals surface area contributed by atoms with Gasteiger partial charge in [-0.15, -0.1) is 0 Å². The van der Waals surface area contributed by atoms with E-state index in [0.29, 0.717) is 6.04 Å². The number of nitrogens with zero attached hydrogens (tertiary/aromatic N) is 1. The van der Waals surface area contributed by atoms with Crippen molar-refractivity contribution >= 4 is 15.9 Å². The molecule has 0 radical (unpaired) electrons. The maximum Gasteiger partial charge on any atom is 0.0423 e. The summed E-state index contributed by atoms with van der Waals surface area (Å²) < 4.78 is 1.02. The highest BCUT2D eigenvalue weighted by molar-refractivity contribution is 9.10. The molecule has 1 heterocycles. The first kappa shape index (κ1) is 14.2. The largest absolute Gasteiger partial charge is 0.313 e. The first-order valence-corrected chi connectivity index (χ1v) is 7.39. The topological polar surface area (TPSA) is 24.9 Å². The second kappa shape index (κ2) is 6.83. The van der Waals surface area contributed by atoms with Crippen molar-refractivity contribution in [1.29, 1.82) is 0 Å². The van der Waals surface area contributed by atoms with Crippen molar-refractivity contribution in [2.24, 2.45) is 0 Å². The number of nitrogens with one attached hydrogen (secondary N) is 1. The molecule has 2 nitrogen and oxygen atoms in total. The van der Waals surface area contributed by atoms with Crippen LogP contribution in [-0.2, 0) is 12.8 Å². The van der Waals surface area contributed by atoms with Crippen molar-refractivity contribution in [2.45, 2.75) is 25.8 Å². The molecule has 1 atom stereocenters. The summed E-state index contributed by atoms with van der Waals surface area (Å²) in [5.74, 6) is 0. The van der Waals surface area contributed by atoms with E-state index in [1.54, 1.807) is 0 Å². The molecule has 0 saturated carbocycles. The molecule has 0 fully saturated rings. The van der Waals surface area contributed by atoms with E-state index >= 15 is 0 Å². The molecule has 0 aliphatic carbocycles. The zero-order valence-electron chi connectivity index (χ0n) is 11.4. The third-order valence-corrected chi connectivity index (χ3v) is 3.83. The molecule has 0 saturated heterocycles. The molecule has 0 aliphatic heterocycles. The average molecular weight is 319 g/mol. The predicted octanol–water partition coefficient (Wildman–Crippen LogP) is 3.91. The highest BCUT2D eigenvalue weighted by atomic mass is 79.9. The lowest BCUT2D eigenvalue weighted by Gasteiger charge is -2.19. The summed E-state index contributed by atoms with van der Waals surface area (Å²) in [5, 5.41) is 3.40. The van der Waals surface area contributed by atoms with Gasteiger partial charge in [0, 0.05) is 28.8 Å². The summed E-state index contributed by atoms with van der Waals surface area (Å²) in [6.45, 7) is 2.20. The number of aromatic nitrogens is 1. The van der Waals surface area contributed by atoms with Crippen LogP contribution in [0.4, 0.5) is 0 Å². The third kappa shape index (κ3) is 3.64. The zero-order valence-corrected chi connectivity index (χ0v) is 12.9. The maximum atomic E-state index is 4.46. The van der Waals surface area contributed by atoms with Gasteiger partial charge in [0.05, 0.1) is 0 Å².